The molecule has 0 saturated carbocycles. The second kappa shape index (κ2) is 8.02. The highest BCUT2D eigenvalue weighted by molar-refractivity contribution is 6.30. The number of hydrogen-bond donors (Lipinski definition) is 1. The van der Waals surface area contributed by atoms with Gasteiger partial charge in [0, 0.05) is 10.6 Å². The van der Waals surface area contributed by atoms with E-state index in [4.69, 9.17) is 16.3 Å². The number of rotatable bonds is 6. The fourth-order valence-electron chi connectivity index (χ4n) is 2.15. The molecule has 0 bridgehead atoms. The Balaban J connectivity index is 1.85. The van der Waals surface area contributed by atoms with Crippen LogP contribution in [0, 0.1) is 0 Å². The molecule has 0 aliphatic rings. The molecule has 23 heavy (non-hydrogen) atoms. The zero-order valence-electron chi connectivity index (χ0n) is 13.7. The van der Waals surface area contributed by atoms with Gasteiger partial charge in [0.15, 0.2) is 0 Å². The predicted octanol–water partition coefficient (Wildman–Crippen LogP) is 4.66. The zero-order valence-corrected chi connectivity index (χ0v) is 14.4. The molecule has 4 heteroatoms. The van der Waals surface area contributed by atoms with Crippen molar-refractivity contribution in [3.8, 4) is 5.75 Å². The molecule has 0 aromatic heterocycles. The first-order valence-electron chi connectivity index (χ1n) is 7.75. The minimum atomic E-state index is -0.154. The summed E-state index contributed by atoms with van der Waals surface area (Å²) in [6.45, 7) is 6.63. The highest BCUT2D eigenvalue weighted by atomic mass is 35.5. The Hall–Kier alpha value is -2.00. The molecular formula is C19H22ClNO2. The molecule has 3 nitrogen and oxygen atoms in total. The topological polar surface area (TPSA) is 38.3 Å². The maximum atomic E-state index is 12.1. The highest BCUT2D eigenvalue weighted by Gasteiger charge is 2.10. The summed E-state index contributed by atoms with van der Waals surface area (Å²) in [4.78, 5) is 12.1. The highest BCUT2D eigenvalue weighted by Crippen LogP contribution is 2.18. The number of amides is 1. The molecule has 2 aromatic carbocycles. The number of benzene rings is 2. The molecule has 0 unspecified atom stereocenters. The van der Waals surface area contributed by atoms with E-state index in [9.17, 15) is 4.79 Å². The van der Waals surface area contributed by atoms with E-state index in [1.807, 2.05) is 19.1 Å². The van der Waals surface area contributed by atoms with Crippen LogP contribution in [0.2, 0.25) is 5.02 Å². The van der Waals surface area contributed by atoms with Crippen LogP contribution in [-0.4, -0.2) is 18.6 Å². The molecule has 0 spiro atoms. The van der Waals surface area contributed by atoms with Gasteiger partial charge in [-0.25, -0.2) is 0 Å². The van der Waals surface area contributed by atoms with Crippen molar-refractivity contribution >= 4 is 17.5 Å². The summed E-state index contributed by atoms with van der Waals surface area (Å²) in [5, 5.41) is 3.45. The van der Waals surface area contributed by atoms with Crippen molar-refractivity contribution in [1.82, 2.24) is 5.32 Å². The molecule has 122 valence electrons. The van der Waals surface area contributed by atoms with Crippen LogP contribution in [0.25, 0.3) is 0 Å². The quantitative estimate of drug-likeness (QED) is 0.836. The third-order valence-corrected chi connectivity index (χ3v) is 3.75. The van der Waals surface area contributed by atoms with Crippen molar-refractivity contribution in [2.24, 2.45) is 0 Å². The molecule has 2 aromatic rings. The third-order valence-electron chi connectivity index (χ3n) is 3.51. The molecule has 1 atom stereocenters. The molecule has 2 rings (SSSR count). The Bertz CT molecular complexity index is 653. The number of carbonyl (C=O) groups excluding carboxylic acids is 1. The Morgan fingerprint density at radius 3 is 2.43 bits per heavy atom. The van der Waals surface area contributed by atoms with Gasteiger partial charge in [0.25, 0.3) is 5.91 Å². The van der Waals surface area contributed by atoms with Crippen molar-refractivity contribution in [3.63, 3.8) is 0 Å². The van der Waals surface area contributed by atoms with Crippen molar-refractivity contribution in [3.05, 3.63) is 64.7 Å². The van der Waals surface area contributed by atoms with Crippen LogP contribution in [0.5, 0.6) is 5.75 Å². The lowest BCUT2D eigenvalue weighted by Crippen LogP contribution is -2.36. The Labute approximate surface area is 142 Å². The lowest BCUT2D eigenvalue weighted by Gasteiger charge is -2.15. The summed E-state index contributed by atoms with van der Waals surface area (Å²) in [5.41, 5.74) is 1.82. The van der Waals surface area contributed by atoms with E-state index in [0.29, 0.717) is 23.1 Å². The van der Waals surface area contributed by atoms with Crippen LogP contribution < -0.4 is 10.1 Å². The molecule has 0 aliphatic carbocycles. The van der Waals surface area contributed by atoms with Crippen LogP contribution in [0.4, 0.5) is 0 Å². The Morgan fingerprint density at radius 1 is 1.13 bits per heavy atom. The van der Waals surface area contributed by atoms with E-state index >= 15 is 0 Å². The zero-order chi connectivity index (χ0) is 16.8. The predicted molar refractivity (Wildman–Crippen MR) is 94.4 cm³/mol. The fourth-order valence-corrected chi connectivity index (χ4v) is 2.34. The molecule has 1 N–H and O–H groups in total. The van der Waals surface area contributed by atoms with Crippen LogP contribution >= 0.6 is 11.6 Å². The lowest BCUT2D eigenvalue weighted by molar-refractivity contribution is 0.0926. The van der Waals surface area contributed by atoms with E-state index in [1.54, 1.807) is 24.3 Å². The second-order valence-corrected chi connectivity index (χ2v) is 6.36. The summed E-state index contributed by atoms with van der Waals surface area (Å²) in [6, 6.07) is 14.8. The van der Waals surface area contributed by atoms with E-state index in [2.05, 4.69) is 31.3 Å². The summed E-state index contributed by atoms with van der Waals surface area (Å²) in [5.74, 6) is 1.15. The fraction of sp³-hybridized carbons (Fsp3) is 0.316. The normalized spacial score (nSPS) is 12.0. The van der Waals surface area contributed by atoms with Gasteiger partial charge in [-0.1, -0.05) is 43.6 Å². The van der Waals surface area contributed by atoms with Crippen LogP contribution in [0.1, 0.15) is 42.6 Å². The standard InChI is InChI=1S/C19H22ClNO2/c1-13(2)15-7-9-18(10-8-15)23-12-14(3)21-19(22)16-5-4-6-17(20)11-16/h4-11,13-14H,12H2,1-3H3,(H,21,22)/t14-/m1/s1. The average Bonchev–Trinajstić information content (AvgIpc) is 2.53. The van der Waals surface area contributed by atoms with Crippen LogP contribution in [0.15, 0.2) is 48.5 Å². The van der Waals surface area contributed by atoms with Crippen LogP contribution in [-0.2, 0) is 0 Å². The smallest absolute Gasteiger partial charge is 0.251 e. The lowest BCUT2D eigenvalue weighted by atomic mass is 10.0. The first-order chi connectivity index (χ1) is 11.0. The number of halogens is 1. The van der Waals surface area contributed by atoms with Crippen molar-refractivity contribution in [2.75, 3.05) is 6.61 Å². The minimum absolute atomic E-state index is 0.105. The van der Waals surface area contributed by atoms with Gasteiger partial charge in [-0.15, -0.1) is 0 Å². The summed E-state index contributed by atoms with van der Waals surface area (Å²) < 4.78 is 5.72. The summed E-state index contributed by atoms with van der Waals surface area (Å²) in [7, 11) is 0. The third kappa shape index (κ3) is 5.29. The van der Waals surface area contributed by atoms with Gasteiger partial charge in [-0.05, 0) is 48.7 Å². The SMILES string of the molecule is CC(C)c1ccc(OC[C@@H](C)NC(=O)c2cccc(Cl)c2)cc1. The number of carbonyl (C=O) groups is 1. The molecule has 0 saturated heterocycles. The van der Waals surface area contributed by atoms with Crippen LogP contribution in [0.3, 0.4) is 0 Å². The first kappa shape index (κ1) is 17.4. The molecular weight excluding hydrogens is 310 g/mol. The van der Waals surface area contributed by atoms with Crippen molar-refractivity contribution < 1.29 is 9.53 Å². The maximum Gasteiger partial charge on any atom is 0.251 e. The van der Waals surface area contributed by atoms with Crippen molar-refractivity contribution in [2.45, 2.75) is 32.7 Å². The molecule has 0 aliphatic heterocycles. The number of hydrogen-bond acceptors (Lipinski definition) is 2. The number of nitrogens with one attached hydrogen (secondary N) is 1. The summed E-state index contributed by atoms with van der Waals surface area (Å²) in [6.07, 6.45) is 0. The van der Waals surface area contributed by atoms with E-state index in [1.165, 1.54) is 5.56 Å². The van der Waals surface area contributed by atoms with Gasteiger partial charge in [-0.3, -0.25) is 4.79 Å². The first-order valence-corrected chi connectivity index (χ1v) is 8.12. The van der Waals surface area contributed by atoms with Gasteiger partial charge in [-0.2, -0.15) is 0 Å². The Morgan fingerprint density at radius 2 is 1.83 bits per heavy atom. The molecule has 0 radical (unpaired) electrons. The van der Waals surface area contributed by atoms with Crippen molar-refractivity contribution in [1.29, 1.82) is 0 Å². The molecule has 0 heterocycles. The van der Waals surface area contributed by atoms with Gasteiger partial charge >= 0.3 is 0 Å². The number of ether oxygens (including phenoxy) is 1. The average molecular weight is 332 g/mol. The van der Waals surface area contributed by atoms with Gasteiger partial charge in [0.05, 0.1) is 6.04 Å². The molecule has 1 amide bonds. The monoisotopic (exact) mass is 331 g/mol. The largest absolute Gasteiger partial charge is 0.491 e. The second-order valence-electron chi connectivity index (χ2n) is 5.92. The van der Waals surface area contributed by atoms with Gasteiger partial charge < -0.3 is 10.1 Å². The Kier molecular flexibility index (Phi) is 6.05. The summed E-state index contributed by atoms with van der Waals surface area (Å²) >= 11 is 5.90. The van der Waals surface area contributed by atoms with Gasteiger partial charge in [0.2, 0.25) is 0 Å². The minimum Gasteiger partial charge on any atom is -0.491 e. The maximum absolute atomic E-state index is 12.1. The molecule has 0 fully saturated rings. The van der Waals surface area contributed by atoms with E-state index in [0.717, 1.165) is 5.75 Å². The van der Waals surface area contributed by atoms with E-state index in [-0.39, 0.29) is 11.9 Å². The van der Waals surface area contributed by atoms with E-state index < -0.39 is 0 Å². The van der Waals surface area contributed by atoms with Gasteiger partial charge in [0.1, 0.15) is 12.4 Å².